The Morgan fingerprint density at radius 1 is 1.45 bits per heavy atom. The van der Waals surface area contributed by atoms with E-state index in [9.17, 15) is 13.6 Å². The maximum atomic E-state index is 13.4. The summed E-state index contributed by atoms with van der Waals surface area (Å²) in [7, 11) is 1.71. The number of amides is 1. The third-order valence-electron chi connectivity index (χ3n) is 5.53. The van der Waals surface area contributed by atoms with Crippen molar-refractivity contribution in [2.24, 2.45) is 5.92 Å². The molecule has 3 atom stereocenters. The zero-order chi connectivity index (χ0) is 20.8. The number of carbonyl (C=O) groups excluding carboxylic acids is 1. The Bertz CT molecular complexity index is 918. The minimum atomic E-state index is -2.86. The lowest BCUT2D eigenvalue weighted by molar-refractivity contribution is -0.137. The Labute approximate surface area is 171 Å². The lowest BCUT2D eigenvalue weighted by Gasteiger charge is -2.34. The Kier molecular flexibility index (Phi) is 5.02. The summed E-state index contributed by atoms with van der Waals surface area (Å²) in [5, 5.41) is 13.6. The summed E-state index contributed by atoms with van der Waals surface area (Å²) in [6, 6.07) is -0.330. The lowest BCUT2D eigenvalue weighted by atomic mass is 9.97. The average Bonchev–Trinajstić information content (AvgIpc) is 3.25. The Morgan fingerprint density at radius 2 is 2.21 bits per heavy atom. The van der Waals surface area contributed by atoms with E-state index in [0.717, 1.165) is 24.6 Å². The van der Waals surface area contributed by atoms with Crippen LogP contribution in [0.15, 0.2) is 24.2 Å². The van der Waals surface area contributed by atoms with E-state index in [1.807, 2.05) is 6.08 Å². The highest BCUT2D eigenvalue weighted by Crippen LogP contribution is 2.51. The van der Waals surface area contributed by atoms with Crippen molar-refractivity contribution < 1.29 is 13.6 Å². The molecule has 1 saturated heterocycles. The van der Waals surface area contributed by atoms with Gasteiger partial charge in [0.15, 0.2) is 0 Å². The number of fused-ring (bicyclic) bond motifs is 2. The van der Waals surface area contributed by atoms with E-state index in [4.69, 9.17) is 17.0 Å². The summed E-state index contributed by atoms with van der Waals surface area (Å²) < 4.78 is 26.7. The molecule has 3 heterocycles. The average molecular weight is 423 g/mol. The maximum Gasteiger partial charge on any atom is 0.260 e. The first kappa shape index (κ1) is 19.8. The topological polar surface area (TPSA) is 94.0 Å². The molecular weight excluding hydrogens is 402 g/mol. The number of aromatic nitrogens is 2. The number of hydrogen-bond acceptors (Lipinski definition) is 6. The van der Waals surface area contributed by atoms with E-state index in [2.05, 4.69) is 20.6 Å². The highest BCUT2D eigenvalue weighted by molar-refractivity contribution is 6.32. The number of alkyl halides is 2. The van der Waals surface area contributed by atoms with E-state index in [-0.39, 0.29) is 18.5 Å². The van der Waals surface area contributed by atoms with Crippen molar-refractivity contribution in [3.63, 3.8) is 0 Å². The molecule has 1 aliphatic carbocycles. The fourth-order valence-corrected chi connectivity index (χ4v) is 4.27. The summed E-state index contributed by atoms with van der Waals surface area (Å²) in [5.74, 6) is -4.18. The molecule has 0 aromatic carbocycles. The van der Waals surface area contributed by atoms with Gasteiger partial charge in [-0.25, -0.2) is 18.7 Å². The molecule has 0 radical (unpaired) electrons. The molecule has 2 aliphatic heterocycles. The first-order valence-electron chi connectivity index (χ1n) is 9.42. The molecular formula is C19H21ClF2N6O. The largest absolute Gasteiger partial charge is 0.392 e. The van der Waals surface area contributed by atoms with E-state index < -0.39 is 17.7 Å². The number of nitrogens with one attached hydrogen (secondary N) is 3. The summed E-state index contributed by atoms with van der Waals surface area (Å²) in [6.07, 6.45) is 7.81. The van der Waals surface area contributed by atoms with Crippen LogP contribution in [-0.2, 0) is 4.79 Å². The van der Waals surface area contributed by atoms with Crippen LogP contribution < -0.4 is 10.6 Å². The Morgan fingerprint density at radius 3 is 2.83 bits per heavy atom. The zero-order valence-electron chi connectivity index (χ0n) is 15.8. The highest BCUT2D eigenvalue weighted by atomic mass is 35.5. The molecule has 3 aliphatic rings. The number of halogens is 3. The normalized spacial score (nSPS) is 27.3. The van der Waals surface area contributed by atoms with Crippen molar-refractivity contribution in [1.82, 2.24) is 20.2 Å². The van der Waals surface area contributed by atoms with Crippen LogP contribution >= 0.6 is 11.6 Å². The van der Waals surface area contributed by atoms with Gasteiger partial charge in [-0.3, -0.25) is 4.79 Å². The summed E-state index contributed by atoms with van der Waals surface area (Å²) in [6.45, 7) is 0. The predicted molar refractivity (Wildman–Crippen MR) is 106 cm³/mol. The first-order chi connectivity index (χ1) is 13.8. The fraction of sp³-hybridized carbons (Fsp3) is 0.474. The van der Waals surface area contributed by atoms with E-state index in [1.165, 1.54) is 6.20 Å². The second kappa shape index (κ2) is 7.37. The second-order valence-corrected chi connectivity index (χ2v) is 7.91. The summed E-state index contributed by atoms with van der Waals surface area (Å²) in [4.78, 5) is 22.8. The molecule has 0 spiro atoms. The number of rotatable bonds is 6. The van der Waals surface area contributed by atoms with Crippen LogP contribution in [0.25, 0.3) is 5.57 Å². The Hall–Kier alpha value is -2.55. The third-order valence-corrected chi connectivity index (χ3v) is 5.81. The van der Waals surface area contributed by atoms with E-state index in [1.54, 1.807) is 18.1 Å². The number of anilines is 1. The molecule has 29 heavy (non-hydrogen) atoms. The molecule has 1 aromatic heterocycles. The molecule has 3 N–H and O–H groups in total. The maximum absolute atomic E-state index is 13.4. The van der Waals surface area contributed by atoms with Gasteiger partial charge in [-0.05, 0) is 24.8 Å². The smallest absolute Gasteiger partial charge is 0.260 e. The highest BCUT2D eigenvalue weighted by Gasteiger charge is 2.63. The van der Waals surface area contributed by atoms with Crippen LogP contribution in [0.1, 0.15) is 31.4 Å². The van der Waals surface area contributed by atoms with Gasteiger partial charge in [0, 0.05) is 31.9 Å². The molecule has 2 bridgehead atoms. The molecule has 154 valence electrons. The molecule has 1 aromatic rings. The van der Waals surface area contributed by atoms with Crippen molar-refractivity contribution in [1.29, 1.82) is 5.41 Å². The number of hydrogen-bond donors (Lipinski definition) is 3. The van der Waals surface area contributed by atoms with Gasteiger partial charge in [0.25, 0.3) is 5.92 Å². The Balaban J connectivity index is 1.57. The molecule has 1 amide bonds. The molecule has 3 unspecified atom stereocenters. The fourth-order valence-electron chi connectivity index (χ4n) is 4.06. The molecule has 7 nitrogen and oxygen atoms in total. The summed E-state index contributed by atoms with van der Waals surface area (Å²) >= 11 is 6.33. The van der Waals surface area contributed by atoms with Gasteiger partial charge in [-0.15, -0.1) is 0 Å². The SMILES string of the molecule is CN/C=C(\C=N)Nc1ncc(Cl)c(C2=CC3CCC(C2)N3C(=O)C2CC2(F)F)n1. The first-order valence-corrected chi connectivity index (χ1v) is 9.80. The molecule has 10 heteroatoms. The number of carbonyl (C=O) groups is 1. The molecule has 4 rings (SSSR count). The van der Waals surface area contributed by atoms with Crippen molar-refractivity contribution in [2.45, 2.75) is 43.7 Å². The second-order valence-electron chi connectivity index (χ2n) is 7.51. The van der Waals surface area contributed by atoms with E-state index >= 15 is 0 Å². The summed E-state index contributed by atoms with van der Waals surface area (Å²) in [5.41, 5.74) is 1.91. The number of nitrogens with zero attached hydrogens (tertiary/aromatic N) is 3. The van der Waals surface area contributed by atoms with Crippen molar-refractivity contribution in [3.8, 4) is 0 Å². The van der Waals surface area contributed by atoms with Crippen LogP contribution in [0.4, 0.5) is 14.7 Å². The van der Waals surface area contributed by atoms with Crippen LogP contribution in [0.2, 0.25) is 5.02 Å². The minimum absolute atomic E-state index is 0.118. The van der Waals surface area contributed by atoms with E-state index in [0.29, 0.717) is 28.8 Å². The van der Waals surface area contributed by atoms with Crippen molar-refractivity contribution >= 4 is 35.2 Å². The third kappa shape index (κ3) is 3.71. The van der Waals surface area contributed by atoms with Gasteiger partial charge in [0.05, 0.1) is 28.7 Å². The van der Waals surface area contributed by atoms with Crippen LogP contribution in [0.3, 0.4) is 0 Å². The van der Waals surface area contributed by atoms with Crippen LogP contribution in [-0.4, -0.2) is 52.0 Å². The van der Waals surface area contributed by atoms with Crippen molar-refractivity contribution in [2.75, 3.05) is 12.4 Å². The van der Waals surface area contributed by atoms with Crippen LogP contribution in [0, 0.1) is 11.3 Å². The van der Waals surface area contributed by atoms with Crippen molar-refractivity contribution in [3.05, 3.63) is 34.9 Å². The number of allylic oxidation sites excluding steroid dienone is 1. The minimum Gasteiger partial charge on any atom is -0.392 e. The zero-order valence-corrected chi connectivity index (χ0v) is 16.5. The lowest BCUT2D eigenvalue weighted by Crippen LogP contribution is -2.44. The van der Waals surface area contributed by atoms with Gasteiger partial charge in [0.1, 0.15) is 5.92 Å². The van der Waals surface area contributed by atoms with Gasteiger partial charge >= 0.3 is 0 Å². The van der Waals surface area contributed by atoms with Gasteiger partial charge in [-0.1, -0.05) is 17.7 Å². The molecule has 1 saturated carbocycles. The monoisotopic (exact) mass is 422 g/mol. The predicted octanol–water partition coefficient (Wildman–Crippen LogP) is 3.05. The van der Waals surface area contributed by atoms with Gasteiger partial charge < -0.3 is 20.9 Å². The van der Waals surface area contributed by atoms with Gasteiger partial charge in [-0.2, -0.15) is 0 Å². The molecule has 2 fully saturated rings. The van der Waals surface area contributed by atoms with Gasteiger partial charge in [0.2, 0.25) is 11.9 Å². The quantitative estimate of drug-likeness (QED) is 0.612. The standard InChI is InChI=1S/C19H21ClF2N6O/c1-24-8-11(7-23)26-18-25-9-15(20)16(27-18)10-4-12-2-3-13(5-10)28(12)17(29)14-6-19(14,21)22/h4,7-9,12-14,23-24H,2-3,5-6H2,1H3,(H,25,26,27)/b11-8+,23-7?. The van der Waals surface area contributed by atoms with Crippen LogP contribution in [0.5, 0.6) is 0 Å².